The van der Waals surface area contributed by atoms with E-state index in [0.29, 0.717) is 0 Å². The average Bonchev–Trinajstić information content (AvgIpc) is 3.15. The first-order chi connectivity index (χ1) is 9.93. The smallest absolute Gasteiger partial charge is 0.331 e. The summed E-state index contributed by atoms with van der Waals surface area (Å²) in [6.07, 6.45) is 3.72. The van der Waals surface area contributed by atoms with Crippen LogP contribution in [0.2, 0.25) is 0 Å². The predicted octanol–water partition coefficient (Wildman–Crippen LogP) is 2.87. The fourth-order valence-corrected chi connectivity index (χ4v) is 3.18. The molecule has 1 aliphatic heterocycles. The van der Waals surface area contributed by atoms with Crippen molar-refractivity contribution in [1.29, 1.82) is 0 Å². The van der Waals surface area contributed by atoms with Gasteiger partial charge in [-0.05, 0) is 23.2 Å². The van der Waals surface area contributed by atoms with E-state index >= 15 is 0 Å². The molecule has 1 aliphatic rings. The lowest BCUT2D eigenvalue weighted by Crippen LogP contribution is -2.32. The van der Waals surface area contributed by atoms with E-state index in [4.69, 9.17) is 0 Å². The largest absolute Gasteiger partial charge is 0.345 e. The van der Waals surface area contributed by atoms with Crippen LogP contribution in [-0.4, -0.2) is 16.2 Å². The van der Waals surface area contributed by atoms with Crippen molar-refractivity contribution in [2.75, 3.05) is 0 Å². The summed E-state index contributed by atoms with van der Waals surface area (Å²) in [7, 11) is 0. The first-order valence-corrected chi connectivity index (χ1v) is 6.66. The maximum Gasteiger partial charge on any atom is 0.331 e. The molecule has 0 spiro atoms. The third-order valence-corrected chi connectivity index (χ3v) is 4.03. The van der Waals surface area contributed by atoms with E-state index in [2.05, 4.69) is 55.9 Å². The van der Waals surface area contributed by atoms with Gasteiger partial charge < -0.3 is 4.98 Å². The molecule has 1 N–H and O–H groups in total. The summed E-state index contributed by atoms with van der Waals surface area (Å²) >= 11 is 0. The Bertz CT molecular complexity index is 1030. The minimum Gasteiger partial charge on any atom is -0.345 e. The average molecular weight is 259 g/mol. The normalized spacial score (nSPS) is 13.6. The zero-order valence-electron chi connectivity index (χ0n) is 10.7. The van der Waals surface area contributed by atoms with Gasteiger partial charge in [-0.1, -0.05) is 18.2 Å². The van der Waals surface area contributed by atoms with Gasteiger partial charge in [-0.25, -0.2) is 9.55 Å². The maximum atomic E-state index is 4.57. The van der Waals surface area contributed by atoms with E-state index in [1.54, 1.807) is 6.33 Å². The number of imidazole rings is 1. The van der Waals surface area contributed by atoms with Crippen LogP contribution in [0, 0.1) is 0 Å². The molecule has 0 unspecified atom stereocenters. The number of pyridine rings is 1. The molecule has 0 aliphatic carbocycles. The van der Waals surface area contributed by atoms with E-state index in [1.807, 2.05) is 6.21 Å². The van der Waals surface area contributed by atoms with Gasteiger partial charge in [0.1, 0.15) is 12.1 Å². The van der Waals surface area contributed by atoms with Crippen molar-refractivity contribution in [2.24, 2.45) is 4.99 Å². The highest BCUT2D eigenvalue weighted by molar-refractivity contribution is 6.19. The van der Waals surface area contributed by atoms with Crippen LogP contribution >= 0.6 is 0 Å². The molecule has 0 atom stereocenters. The lowest BCUT2D eigenvalue weighted by molar-refractivity contribution is -0.635. The highest BCUT2D eigenvalue weighted by Crippen LogP contribution is 2.34. The number of H-pyrrole nitrogens is 1. The van der Waals surface area contributed by atoms with E-state index in [-0.39, 0.29) is 0 Å². The predicted molar refractivity (Wildman–Crippen MR) is 79.5 cm³/mol. The second kappa shape index (κ2) is 3.42. The number of aromatic amines is 1. The number of nitrogens with zero attached hydrogens (tertiary/aromatic N) is 3. The first-order valence-electron chi connectivity index (χ1n) is 6.66. The third kappa shape index (κ3) is 1.09. The Morgan fingerprint density at radius 2 is 2.00 bits per heavy atom. The number of benzene rings is 2. The minimum absolute atomic E-state index is 0.838. The molecule has 0 saturated carbocycles. The van der Waals surface area contributed by atoms with E-state index < -0.39 is 0 Å². The molecular formula is C16H11N4+. The number of hydrogen-bond donors (Lipinski definition) is 1. The fraction of sp³-hybridized carbons (Fsp3) is 0.0625. The molecular weight excluding hydrogens is 248 g/mol. The Kier molecular flexibility index (Phi) is 1.72. The zero-order valence-corrected chi connectivity index (χ0v) is 10.7. The lowest BCUT2D eigenvalue weighted by Gasteiger charge is -2.06. The van der Waals surface area contributed by atoms with Gasteiger partial charge in [-0.2, -0.15) is 0 Å². The van der Waals surface area contributed by atoms with Crippen LogP contribution in [0.4, 0.5) is 5.82 Å². The molecule has 2 aromatic carbocycles. The zero-order chi connectivity index (χ0) is 13.1. The van der Waals surface area contributed by atoms with Gasteiger partial charge in [-0.15, -0.1) is 0 Å². The van der Waals surface area contributed by atoms with Gasteiger partial charge in [0.05, 0.1) is 22.7 Å². The van der Waals surface area contributed by atoms with Crippen molar-refractivity contribution in [2.45, 2.75) is 6.54 Å². The van der Waals surface area contributed by atoms with Crippen molar-refractivity contribution in [3.05, 3.63) is 42.7 Å². The highest BCUT2D eigenvalue weighted by atomic mass is 15.1. The van der Waals surface area contributed by atoms with Crippen molar-refractivity contribution in [3.8, 4) is 0 Å². The van der Waals surface area contributed by atoms with Crippen molar-refractivity contribution >= 4 is 44.7 Å². The molecule has 0 bridgehead atoms. The summed E-state index contributed by atoms with van der Waals surface area (Å²) in [5.41, 5.74) is 3.29. The van der Waals surface area contributed by atoms with Crippen LogP contribution < -0.4 is 4.57 Å². The van der Waals surface area contributed by atoms with Gasteiger partial charge in [-0.3, -0.25) is 0 Å². The highest BCUT2D eigenvalue weighted by Gasteiger charge is 2.24. The number of aliphatic imine (C=N–C) groups is 1. The van der Waals surface area contributed by atoms with Gasteiger partial charge in [0.2, 0.25) is 0 Å². The van der Waals surface area contributed by atoms with Crippen LogP contribution in [0.15, 0.2) is 47.7 Å². The van der Waals surface area contributed by atoms with Gasteiger partial charge in [0.25, 0.3) is 0 Å². The molecule has 94 valence electrons. The van der Waals surface area contributed by atoms with E-state index in [1.165, 1.54) is 16.3 Å². The Morgan fingerprint density at radius 3 is 3.00 bits per heavy atom. The number of para-hydroxylation sites is 1. The van der Waals surface area contributed by atoms with Crippen LogP contribution in [0.5, 0.6) is 0 Å². The van der Waals surface area contributed by atoms with E-state index in [0.717, 1.165) is 28.8 Å². The molecule has 5 rings (SSSR count). The van der Waals surface area contributed by atoms with Crippen LogP contribution in [0.25, 0.3) is 32.7 Å². The Hall–Kier alpha value is -2.75. The molecule has 4 heteroatoms. The summed E-state index contributed by atoms with van der Waals surface area (Å²) < 4.78 is 2.26. The minimum atomic E-state index is 0.838. The number of aromatic nitrogens is 3. The van der Waals surface area contributed by atoms with Crippen molar-refractivity contribution < 1.29 is 4.57 Å². The third-order valence-electron chi connectivity index (χ3n) is 4.03. The van der Waals surface area contributed by atoms with Gasteiger partial charge in [0.15, 0.2) is 6.21 Å². The standard InChI is InChI=1S/C16H10N4/c1-2-4-13-10(3-1)14-11(16-17-7-8-20(13)16)5-6-12-15(14)19-9-18-12/h1-7,9H,8H2/p+1. The summed E-state index contributed by atoms with van der Waals surface area (Å²) in [5, 5.41) is 3.58. The van der Waals surface area contributed by atoms with Crippen LogP contribution in [-0.2, 0) is 6.54 Å². The van der Waals surface area contributed by atoms with Crippen LogP contribution in [0.3, 0.4) is 0 Å². The molecule has 3 heterocycles. The number of hydrogen-bond acceptors (Lipinski definition) is 2. The topological polar surface area (TPSA) is 44.9 Å². The Morgan fingerprint density at radius 1 is 1.05 bits per heavy atom. The molecule has 2 aromatic heterocycles. The summed E-state index contributed by atoms with van der Waals surface area (Å²) in [5.74, 6) is 1.03. The molecule has 4 aromatic rings. The molecule has 0 radical (unpaired) electrons. The van der Waals surface area contributed by atoms with Crippen LogP contribution in [0.1, 0.15) is 0 Å². The fourth-order valence-electron chi connectivity index (χ4n) is 3.18. The number of fused-ring (bicyclic) bond motifs is 8. The maximum absolute atomic E-state index is 4.57. The molecule has 20 heavy (non-hydrogen) atoms. The molecule has 0 amide bonds. The van der Waals surface area contributed by atoms with Gasteiger partial charge in [0, 0.05) is 10.8 Å². The van der Waals surface area contributed by atoms with Crippen molar-refractivity contribution in [1.82, 2.24) is 9.97 Å². The monoisotopic (exact) mass is 259 g/mol. The lowest BCUT2D eigenvalue weighted by atomic mass is 10.0. The number of nitrogens with one attached hydrogen (secondary N) is 1. The summed E-state index contributed by atoms with van der Waals surface area (Å²) in [6.45, 7) is 0.838. The summed E-state index contributed by atoms with van der Waals surface area (Å²) in [6, 6.07) is 12.7. The summed E-state index contributed by atoms with van der Waals surface area (Å²) in [4.78, 5) is 12.3. The van der Waals surface area contributed by atoms with Crippen molar-refractivity contribution in [3.63, 3.8) is 0 Å². The second-order valence-corrected chi connectivity index (χ2v) is 5.05. The van der Waals surface area contributed by atoms with E-state index in [9.17, 15) is 0 Å². The number of rotatable bonds is 0. The quantitative estimate of drug-likeness (QED) is 0.383. The SMILES string of the molecule is C1=Nc2c3ccc4[nH]cnc4c3c3ccccc3[n+]2C1. The molecule has 0 saturated heterocycles. The second-order valence-electron chi connectivity index (χ2n) is 5.05. The Balaban J connectivity index is 2.20. The molecule has 0 fully saturated rings. The Labute approximate surface area is 114 Å². The first kappa shape index (κ1) is 10.1. The van der Waals surface area contributed by atoms with Gasteiger partial charge >= 0.3 is 5.82 Å². The molecule has 4 nitrogen and oxygen atoms in total.